The van der Waals surface area contributed by atoms with Gasteiger partial charge in [0, 0.05) is 144 Å². The average molecular weight is 1480 g/mol. The van der Waals surface area contributed by atoms with E-state index in [9.17, 15) is 19.2 Å². The van der Waals surface area contributed by atoms with E-state index in [0.717, 1.165) is 135 Å². The number of fused-ring (bicyclic) bond motifs is 8. The number of imidazole rings is 4. The molecule has 0 unspecified atom stereocenters. The smallest absolute Gasteiger partial charge is 0.251 e. The summed E-state index contributed by atoms with van der Waals surface area (Å²) in [6.07, 6.45) is 45.2. The second kappa shape index (κ2) is 36.1. The summed E-state index contributed by atoms with van der Waals surface area (Å²) in [5.41, 5.74) is 18.6. The van der Waals surface area contributed by atoms with E-state index >= 15 is 0 Å². The number of hydrogen-bond acceptors (Lipinski definition) is 16. The predicted octanol–water partition coefficient (Wildman–Crippen LogP) is 16.9. The van der Waals surface area contributed by atoms with E-state index < -0.39 is 0 Å². The topological polar surface area (TPSA) is 285 Å². The molecule has 110 heavy (non-hydrogen) atoms. The van der Waals surface area contributed by atoms with Crippen LogP contribution in [-0.2, 0) is 26.2 Å². The Morgan fingerprint density at radius 1 is 0.291 bits per heavy atom. The highest BCUT2D eigenvalue weighted by molar-refractivity contribution is 6.01. The minimum Gasteiger partial charge on any atom is -0.364 e. The first-order valence-electron chi connectivity index (χ1n) is 40.2. The molecule has 4 aliphatic heterocycles. The Morgan fingerprint density at radius 2 is 0.509 bits per heavy atom. The SMILES string of the molecule is CC.CC.CC.CC.O=C1NCc2cc(-c3cnc(NC4CCC4)c4nccn34)ccc21.O=C1NCc2cc(-c3cnc(NC4CCCC4)c4nccn34)ccc21.O=C1NCc2cc(-c3cnc(NC4CCCCC4)c4nccn34)ccc21.O=C1NCc2cc(-c3cnc(NC4CCCCCC4)c4nccn34)ccc21. The zero-order valence-corrected chi connectivity index (χ0v) is 64.7. The lowest BCUT2D eigenvalue weighted by molar-refractivity contribution is 0.0957. The number of nitrogens with zero attached hydrogens (tertiary/aromatic N) is 12. The number of nitrogens with one attached hydrogen (secondary N) is 8. The van der Waals surface area contributed by atoms with Crippen molar-refractivity contribution in [3.05, 3.63) is 192 Å². The molecule has 12 heterocycles. The summed E-state index contributed by atoms with van der Waals surface area (Å²) in [5.74, 6) is 3.41. The highest BCUT2D eigenvalue weighted by atomic mass is 16.2. The standard InChI is InChI=1S/C21H23N5O.C20H21N5O.C19H19N5O.C18H17N5O.4C2H6/c27-21-17-8-7-14(11-15(17)12-24-21)18-13-23-19(20-22-9-10-26(18)20)25-16-5-3-1-2-4-6-16;26-20-16-7-6-13(10-14(16)11-23-20)17-12-22-18(19-21-8-9-25(17)19)24-15-4-2-1-3-5-15;25-19-15-6-5-12(9-13(15)10-22-19)16-11-21-17(18-20-7-8-24(16)18)23-14-3-1-2-4-14;24-18-14-5-4-11(8-12(14)9-21-18)15-10-20-16(22-13-2-1-3-13)17-19-6-7-23(15)17;4*1-2/h7-11,13,16H,1-6,12H2,(H,23,25)(H,24,27);6-10,12,15H,1-5,11H2,(H,22,24)(H,23,26);5-9,11,14H,1-4,10H2,(H,21,23)(H,22,25);4-8,10,13H,1-3,9H2,(H,20,22)(H,21,24);4*1-2H3. The van der Waals surface area contributed by atoms with Gasteiger partial charge in [0.25, 0.3) is 23.6 Å². The van der Waals surface area contributed by atoms with Crippen molar-refractivity contribution in [2.75, 3.05) is 21.3 Å². The van der Waals surface area contributed by atoms with E-state index in [2.05, 4.69) is 119 Å². The van der Waals surface area contributed by atoms with E-state index in [1.54, 1.807) is 12.4 Å². The van der Waals surface area contributed by atoms with Gasteiger partial charge in [0.15, 0.2) is 45.9 Å². The lowest BCUT2D eigenvalue weighted by atomic mass is 9.93. The van der Waals surface area contributed by atoms with Crippen molar-refractivity contribution in [2.24, 2.45) is 0 Å². The van der Waals surface area contributed by atoms with Crippen LogP contribution in [0.1, 0.15) is 235 Å². The van der Waals surface area contributed by atoms with Crippen LogP contribution in [0.2, 0.25) is 0 Å². The van der Waals surface area contributed by atoms with Crippen molar-refractivity contribution in [1.82, 2.24) is 78.7 Å². The van der Waals surface area contributed by atoms with Crippen LogP contribution >= 0.6 is 0 Å². The van der Waals surface area contributed by atoms with Gasteiger partial charge >= 0.3 is 0 Å². The monoisotopic (exact) mass is 1480 g/mol. The maximum Gasteiger partial charge on any atom is 0.251 e. The van der Waals surface area contributed by atoms with Crippen molar-refractivity contribution in [3.63, 3.8) is 0 Å². The van der Waals surface area contributed by atoms with Gasteiger partial charge in [-0.15, -0.1) is 0 Å². The Labute approximate surface area is 643 Å². The molecule has 572 valence electrons. The molecule has 0 atom stereocenters. The first-order chi connectivity index (χ1) is 54.2. The molecule has 0 spiro atoms. The fourth-order valence-electron chi connectivity index (χ4n) is 15.6. The van der Waals surface area contributed by atoms with Crippen LogP contribution in [0.15, 0.2) is 147 Å². The van der Waals surface area contributed by atoms with Gasteiger partial charge in [0.2, 0.25) is 0 Å². The van der Waals surface area contributed by atoms with E-state index in [1.165, 1.54) is 116 Å². The van der Waals surface area contributed by atoms with Gasteiger partial charge in [0.05, 0.1) is 47.6 Å². The number of carbonyl (C=O) groups excluding carboxylic acids is 4. The predicted molar refractivity (Wildman–Crippen MR) is 437 cm³/mol. The molecule has 4 saturated carbocycles. The van der Waals surface area contributed by atoms with Gasteiger partial charge in [-0.1, -0.05) is 137 Å². The summed E-state index contributed by atoms with van der Waals surface area (Å²) < 4.78 is 8.28. The lowest BCUT2D eigenvalue weighted by Crippen LogP contribution is -2.27. The van der Waals surface area contributed by atoms with Crippen molar-refractivity contribution < 1.29 is 19.2 Å². The highest BCUT2D eigenvalue weighted by Gasteiger charge is 2.27. The van der Waals surface area contributed by atoms with Crippen molar-refractivity contribution in [2.45, 2.75) is 221 Å². The van der Waals surface area contributed by atoms with Crippen LogP contribution < -0.4 is 42.5 Å². The van der Waals surface area contributed by atoms with Gasteiger partial charge in [-0.2, -0.15) is 0 Å². The minimum atomic E-state index is 0.00231. The second-order valence-electron chi connectivity index (χ2n) is 27.9. The molecule has 24 nitrogen and oxygen atoms in total. The number of aromatic nitrogens is 12. The Hall–Kier alpha value is -11.6. The Bertz CT molecular complexity index is 5200. The fourth-order valence-corrected chi connectivity index (χ4v) is 15.6. The summed E-state index contributed by atoms with van der Waals surface area (Å²) in [7, 11) is 0. The van der Waals surface area contributed by atoms with Gasteiger partial charge in [-0.3, -0.25) is 36.8 Å². The van der Waals surface area contributed by atoms with E-state index in [-0.39, 0.29) is 23.6 Å². The lowest BCUT2D eigenvalue weighted by Gasteiger charge is -2.27. The molecule has 12 aromatic rings. The molecule has 4 aromatic carbocycles. The zero-order valence-electron chi connectivity index (χ0n) is 64.7. The quantitative estimate of drug-likeness (QED) is 0.0528. The van der Waals surface area contributed by atoms with Crippen molar-refractivity contribution in [3.8, 4) is 45.0 Å². The molecular weight excluding hydrogens is 1380 g/mol. The number of hydrogen-bond donors (Lipinski definition) is 8. The fraction of sp³-hybridized carbons (Fsp3) is 0.395. The van der Waals surface area contributed by atoms with Crippen LogP contribution in [0.25, 0.3) is 67.6 Å². The number of rotatable bonds is 12. The number of carbonyl (C=O) groups is 4. The van der Waals surface area contributed by atoms with Crippen LogP contribution in [-0.4, -0.2) is 105 Å². The summed E-state index contributed by atoms with van der Waals surface area (Å²) >= 11 is 0. The maximum atomic E-state index is 11.8. The number of benzene rings is 4. The van der Waals surface area contributed by atoms with Gasteiger partial charge in [-0.05, 0) is 129 Å². The highest BCUT2D eigenvalue weighted by Crippen LogP contribution is 2.35. The van der Waals surface area contributed by atoms with Crippen LogP contribution in [0.3, 0.4) is 0 Å². The molecular formula is C86H104N20O4. The Morgan fingerprint density at radius 3 is 0.736 bits per heavy atom. The Kier molecular flexibility index (Phi) is 25.1. The molecule has 0 radical (unpaired) electrons. The van der Waals surface area contributed by atoms with Gasteiger partial charge in [-0.25, -0.2) is 39.9 Å². The van der Waals surface area contributed by atoms with Crippen molar-refractivity contribution >= 4 is 69.5 Å². The Balaban J connectivity index is 0.000000125. The zero-order chi connectivity index (χ0) is 76.6. The summed E-state index contributed by atoms with van der Waals surface area (Å²) in [4.78, 5) is 83.7. The van der Waals surface area contributed by atoms with Gasteiger partial charge in [0.1, 0.15) is 0 Å². The molecule has 4 fully saturated rings. The summed E-state index contributed by atoms with van der Waals surface area (Å²) in [6, 6.07) is 25.7. The third-order valence-corrected chi connectivity index (χ3v) is 21.3. The van der Waals surface area contributed by atoms with Crippen molar-refractivity contribution in [1.29, 1.82) is 0 Å². The largest absolute Gasteiger partial charge is 0.364 e. The minimum absolute atomic E-state index is 0.00231. The maximum absolute atomic E-state index is 11.8. The van der Waals surface area contributed by atoms with Crippen LogP contribution in [0, 0.1) is 0 Å². The first kappa shape index (κ1) is 76.6. The van der Waals surface area contributed by atoms with E-state index in [4.69, 9.17) is 4.98 Å². The number of anilines is 4. The van der Waals surface area contributed by atoms with E-state index in [0.29, 0.717) is 50.3 Å². The molecule has 4 amide bonds. The third kappa shape index (κ3) is 16.5. The first-order valence-corrected chi connectivity index (χ1v) is 40.2. The second-order valence-corrected chi connectivity index (χ2v) is 27.9. The molecule has 24 heteroatoms. The molecule has 0 saturated heterocycles. The van der Waals surface area contributed by atoms with E-state index in [1.807, 2.05) is 166 Å². The molecule has 0 bridgehead atoms. The molecule has 8 aromatic heterocycles. The summed E-state index contributed by atoms with van der Waals surface area (Å²) in [5, 5.41) is 25.7. The third-order valence-electron chi connectivity index (χ3n) is 21.3. The normalized spacial score (nSPS) is 16.1. The van der Waals surface area contributed by atoms with Crippen LogP contribution in [0.4, 0.5) is 23.3 Å². The molecule has 8 aliphatic rings. The molecule has 20 rings (SSSR count). The molecule has 8 N–H and O–H groups in total. The average Bonchev–Trinajstić information content (AvgIpc) is 1.61. The summed E-state index contributed by atoms with van der Waals surface area (Å²) in [6.45, 7) is 18.3. The number of amides is 4. The van der Waals surface area contributed by atoms with Crippen LogP contribution in [0.5, 0.6) is 0 Å². The molecule has 4 aliphatic carbocycles. The van der Waals surface area contributed by atoms with Gasteiger partial charge < -0.3 is 42.5 Å².